The van der Waals surface area contributed by atoms with Crippen molar-refractivity contribution in [2.45, 2.75) is 37.4 Å². The summed E-state index contributed by atoms with van der Waals surface area (Å²) in [5.74, 6) is -1.90. The number of nitrogens with one attached hydrogen (secondary N) is 4. The second kappa shape index (κ2) is 9.11. The van der Waals surface area contributed by atoms with E-state index in [4.69, 9.17) is 0 Å². The third-order valence-corrected chi connectivity index (χ3v) is 5.27. The Bertz CT molecular complexity index is 862. The smallest absolute Gasteiger partial charge is 0.326 e. The van der Waals surface area contributed by atoms with Gasteiger partial charge in [-0.25, -0.2) is 4.79 Å². The van der Waals surface area contributed by atoms with Crippen molar-refractivity contribution in [3.63, 3.8) is 0 Å². The van der Waals surface area contributed by atoms with Gasteiger partial charge in [0, 0.05) is 29.3 Å². The molecule has 1 aromatic heterocycles. The zero-order valence-corrected chi connectivity index (χ0v) is 16.2. The third-order valence-electron chi connectivity index (χ3n) is 4.91. The predicted molar refractivity (Wildman–Crippen MR) is 108 cm³/mol. The molecule has 1 aliphatic heterocycles. The Balaban J connectivity index is 1.65. The lowest BCUT2D eigenvalue weighted by Gasteiger charge is -2.21. The van der Waals surface area contributed by atoms with Crippen molar-refractivity contribution in [1.82, 2.24) is 20.9 Å². The SMILES string of the molecule is O=C(O)[C@H](Cc1c[nH]c2ccccc12)NC(=O)[C@H](CS)NC(=O)[C@@H]1CCCN1. The molecule has 150 valence electrons. The summed E-state index contributed by atoms with van der Waals surface area (Å²) in [5, 5.41) is 18.7. The van der Waals surface area contributed by atoms with Gasteiger partial charge < -0.3 is 26.0 Å². The molecule has 1 aliphatic rings. The van der Waals surface area contributed by atoms with Crippen molar-refractivity contribution >= 4 is 41.3 Å². The maximum atomic E-state index is 12.6. The van der Waals surface area contributed by atoms with Crippen LogP contribution >= 0.6 is 12.6 Å². The molecule has 2 amide bonds. The van der Waals surface area contributed by atoms with Gasteiger partial charge in [-0.1, -0.05) is 18.2 Å². The summed E-state index contributed by atoms with van der Waals surface area (Å²) < 4.78 is 0. The van der Waals surface area contributed by atoms with Gasteiger partial charge in [0.1, 0.15) is 12.1 Å². The molecule has 1 fully saturated rings. The first kappa shape index (κ1) is 20.2. The van der Waals surface area contributed by atoms with Crippen molar-refractivity contribution in [1.29, 1.82) is 0 Å². The molecule has 0 saturated carbocycles. The molecule has 0 unspecified atom stereocenters. The summed E-state index contributed by atoms with van der Waals surface area (Å²) in [6, 6.07) is 5.22. The van der Waals surface area contributed by atoms with E-state index in [-0.39, 0.29) is 24.1 Å². The van der Waals surface area contributed by atoms with Gasteiger partial charge in [-0.05, 0) is 31.0 Å². The second-order valence-electron chi connectivity index (χ2n) is 6.86. The van der Waals surface area contributed by atoms with Crippen LogP contribution in [0.3, 0.4) is 0 Å². The van der Waals surface area contributed by atoms with Crippen LogP contribution in [0.2, 0.25) is 0 Å². The number of thiol groups is 1. The number of fused-ring (bicyclic) bond motifs is 1. The number of aliphatic carboxylic acids is 1. The van der Waals surface area contributed by atoms with Crippen molar-refractivity contribution < 1.29 is 19.5 Å². The number of carbonyl (C=O) groups is 3. The van der Waals surface area contributed by atoms with E-state index in [9.17, 15) is 19.5 Å². The number of amides is 2. The highest BCUT2D eigenvalue weighted by Crippen LogP contribution is 2.19. The van der Waals surface area contributed by atoms with Crippen LogP contribution in [0.15, 0.2) is 30.5 Å². The number of para-hydroxylation sites is 1. The normalized spacial score (nSPS) is 18.5. The number of aromatic amines is 1. The number of hydrogen-bond donors (Lipinski definition) is 6. The average molecular weight is 404 g/mol. The van der Waals surface area contributed by atoms with E-state index in [1.54, 1.807) is 6.20 Å². The lowest BCUT2D eigenvalue weighted by molar-refractivity contribution is -0.142. The molecule has 9 heteroatoms. The highest BCUT2D eigenvalue weighted by Gasteiger charge is 2.29. The molecule has 0 aliphatic carbocycles. The van der Waals surface area contributed by atoms with Crippen molar-refractivity contribution in [2.75, 3.05) is 12.3 Å². The van der Waals surface area contributed by atoms with E-state index in [0.717, 1.165) is 29.4 Å². The van der Waals surface area contributed by atoms with Gasteiger partial charge in [0.05, 0.1) is 6.04 Å². The summed E-state index contributed by atoms with van der Waals surface area (Å²) >= 11 is 4.14. The Hall–Kier alpha value is -2.52. The molecule has 3 rings (SSSR count). The molecule has 3 atom stereocenters. The second-order valence-corrected chi connectivity index (χ2v) is 7.22. The lowest BCUT2D eigenvalue weighted by atomic mass is 10.0. The van der Waals surface area contributed by atoms with Gasteiger partial charge in [0.25, 0.3) is 0 Å². The maximum Gasteiger partial charge on any atom is 0.326 e. The van der Waals surface area contributed by atoms with Crippen LogP contribution in [0, 0.1) is 0 Å². The first-order chi connectivity index (χ1) is 13.5. The summed E-state index contributed by atoms with van der Waals surface area (Å²) in [6.07, 6.45) is 3.49. The minimum Gasteiger partial charge on any atom is -0.480 e. The molecule has 1 saturated heterocycles. The number of carbonyl (C=O) groups excluding carboxylic acids is 2. The van der Waals surface area contributed by atoms with Crippen LogP contribution in [0.5, 0.6) is 0 Å². The minimum atomic E-state index is -1.14. The number of H-pyrrole nitrogens is 1. The van der Waals surface area contributed by atoms with E-state index in [2.05, 4.69) is 33.6 Å². The zero-order valence-electron chi connectivity index (χ0n) is 15.3. The number of aromatic nitrogens is 1. The molecular formula is C19H24N4O4S. The summed E-state index contributed by atoms with van der Waals surface area (Å²) in [6.45, 7) is 0.765. The zero-order chi connectivity index (χ0) is 20.1. The molecule has 2 aromatic rings. The monoisotopic (exact) mass is 404 g/mol. The summed E-state index contributed by atoms with van der Waals surface area (Å²) in [5.41, 5.74) is 1.70. The number of benzene rings is 1. The third kappa shape index (κ3) is 4.66. The van der Waals surface area contributed by atoms with Gasteiger partial charge in [-0.2, -0.15) is 12.6 Å². The van der Waals surface area contributed by atoms with Crippen molar-refractivity contribution in [3.05, 3.63) is 36.0 Å². The number of hydrogen-bond acceptors (Lipinski definition) is 5. The Morgan fingerprint density at radius 1 is 1.21 bits per heavy atom. The predicted octanol–water partition coefficient (Wildman–Crippen LogP) is 0.446. The fourth-order valence-corrected chi connectivity index (χ4v) is 3.62. The van der Waals surface area contributed by atoms with Gasteiger partial charge in [-0.3, -0.25) is 9.59 Å². The molecule has 1 aromatic carbocycles. The van der Waals surface area contributed by atoms with Crippen LogP contribution < -0.4 is 16.0 Å². The van der Waals surface area contributed by atoms with E-state index in [1.165, 1.54) is 0 Å². The summed E-state index contributed by atoms with van der Waals surface area (Å²) in [7, 11) is 0. The molecule has 0 spiro atoms. The highest BCUT2D eigenvalue weighted by atomic mass is 32.1. The lowest BCUT2D eigenvalue weighted by Crippen LogP contribution is -2.55. The molecule has 0 bridgehead atoms. The molecule has 2 heterocycles. The van der Waals surface area contributed by atoms with Crippen molar-refractivity contribution in [2.24, 2.45) is 0 Å². The Labute approximate surface area is 167 Å². The number of carboxylic acids is 1. The van der Waals surface area contributed by atoms with Gasteiger partial charge in [-0.15, -0.1) is 0 Å². The van der Waals surface area contributed by atoms with Gasteiger partial charge in [0.15, 0.2) is 0 Å². The van der Waals surface area contributed by atoms with Crippen LogP contribution in [-0.4, -0.2) is 58.3 Å². The van der Waals surface area contributed by atoms with E-state index >= 15 is 0 Å². The Kier molecular flexibility index (Phi) is 6.58. The van der Waals surface area contributed by atoms with Gasteiger partial charge >= 0.3 is 5.97 Å². The standard InChI is InChI=1S/C19H24N4O4S/c24-17(14-6-3-7-20-14)23-16(10-28)18(25)22-15(19(26)27)8-11-9-21-13-5-2-1-4-12(11)13/h1-2,4-5,9,14-16,20-21,28H,3,6-8,10H2,(H,22,25)(H,23,24)(H,26,27)/t14-,15-,16-/m0/s1. The molecule has 28 heavy (non-hydrogen) atoms. The quantitative estimate of drug-likeness (QED) is 0.357. The van der Waals surface area contributed by atoms with Crippen LogP contribution in [-0.2, 0) is 20.8 Å². The largest absolute Gasteiger partial charge is 0.480 e. The fourth-order valence-electron chi connectivity index (χ4n) is 3.37. The van der Waals surface area contributed by atoms with Crippen LogP contribution in [0.1, 0.15) is 18.4 Å². The fraction of sp³-hybridized carbons (Fsp3) is 0.421. The van der Waals surface area contributed by atoms with E-state index in [1.807, 2.05) is 24.3 Å². The number of rotatable bonds is 8. The molecule has 5 N–H and O–H groups in total. The maximum absolute atomic E-state index is 12.6. The van der Waals surface area contributed by atoms with Crippen LogP contribution in [0.4, 0.5) is 0 Å². The molecular weight excluding hydrogens is 380 g/mol. The molecule has 8 nitrogen and oxygen atoms in total. The average Bonchev–Trinajstić information content (AvgIpc) is 3.35. The van der Waals surface area contributed by atoms with E-state index in [0.29, 0.717) is 6.42 Å². The topological polar surface area (TPSA) is 123 Å². The Morgan fingerprint density at radius 3 is 2.68 bits per heavy atom. The Morgan fingerprint density at radius 2 is 2.00 bits per heavy atom. The first-order valence-electron chi connectivity index (χ1n) is 9.22. The molecule has 0 radical (unpaired) electrons. The van der Waals surface area contributed by atoms with Crippen molar-refractivity contribution in [3.8, 4) is 0 Å². The highest BCUT2D eigenvalue weighted by molar-refractivity contribution is 7.80. The van der Waals surface area contributed by atoms with Gasteiger partial charge in [0.2, 0.25) is 11.8 Å². The minimum absolute atomic E-state index is 0.0731. The number of carboxylic acid groups (broad SMARTS) is 1. The first-order valence-corrected chi connectivity index (χ1v) is 9.85. The summed E-state index contributed by atoms with van der Waals surface area (Å²) in [4.78, 5) is 39.6. The van der Waals surface area contributed by atoms with Crippen LogP contribution in [0.25, 0.3) is 10.9 Å². The van der Waals surface area contributed by atoms with E-state index < -0.39 is 24.0 Å².